The molecule has 2 aromatic heterocycles. The number of rotatable bonds is 4. The summed E-state index contributed by atoms with van der Waals surface area (Å²) in [5, 5.41) is 8.89. The molecule has 2 amide bonds. The SMILES string of the molecule is CC(C)(C)OC(=O)NC1CCN(c2ccccn2)C1.CC(C)(C)OC(=O)NC1CCNC1.FC1=NC=[C+]C=C1.NC1CCN(c2ccccn2)C1. The number of pyridine rings is 2. The zero-order valence-corrected chi connectivity index (χ0v) is 30.8. The number of carbonyl (C=O) groups excluding carboxylic acids is 2. The lowest BCUT2D eigenvalue weighted by molar-refractivity contribution is 0.0497. The van der Waals surface area contributed by atoms with Gasteiger partial charge < -0.3 is 41.0 Å². The topological polar surface area (TPSA) is 159 Å². The van der Waals surface area contributed by atoms with E-state index < -0.39 is 17.2 Å². The van der Waals surface area contributed by atoms with Crippen molar-refractivity contribution < 1.29 is 23.5 Å². The Kier molecular flexibility index (Phi) is 16.2. The van der Waals surface area contributed by atoms with E-state index in [1.807, 2.05) is 84.1 Å². The Bertz CT molecular complexity index is 1420. The van der Waals surface area contributed by atoms with Crippen LogP contribution in [0.1, 0.15) is 60.8 Å². The Balaban J connectivity index is 0.000000193. The standard InChI is InChI=1S/C14H21N3O2.C9H13N3.C9H18N2O2.C5H3FN/c1-14(2,3)19-13(18)16-11-7-9-17(10-11)12-6-4-5-8-15-12;10-8-4-6-12(7-8)9-3-1-2-5-11-9;1-9(2,3)13-8(12)11-7-4-5-10-6-7;6-5-3-1-2-4-7-5/h4-6,8,11H,7,9-10H2,1-3H3,(H,16,18);1-3,5,8H,4,6-7,10H2;7,10H,4-6H2,1-3H3,(H,11,12);1,3-4H/q;;;+1. The minimum absolute atomic E-state index is 0.122. The van der Waals surface area contributed by atoms with E-state index in [9.17, 15) is 14.0 Å². The molecule has 0 aromatic carbocycles. The minimum Gasteiger partial charge on any atom is -0.444 e. The predicted octanol–water partition coefficient (Wildman–Crippen LogP) is 4.92. The number of hydrogen-bond donors (Lipinski definition) is 4. The quantitative estimate of drug-likeness (QED) is 0.321. The van der Waals surface area contributed by atoms with Crippen LogP contribution in [0, 0.1) is 6.08 Å². The zero-order chi connectivity index (χ0) is 37.3. The fourth-order valence-corrected chi connectivity index (χ4v) is 5.19. The number of halogens is 1. The second kappa shape index (κ2) is 20.3. The summed E-state index contributed by atoms with van der Waals surface area (Å²) in [6.45, 7) is 16.6. The summed E-state index contributed by atoms with van der Waals surface area (Å²) in [4.78, 5) is 39.2. The van der Waals surface area contributed by atoms with E-state index in [0.717, 1.165) is 70.2 Å². The zero-order valence-electron chi connectivity index (χ0n) is 30.8. The molecule has 3 atom stereocenters. The fourth-order valence-electron chi connectivity index (χ4n) is 5.19. The van der Waals surface area contributed by atoms with Gasteiger partial charge in [0.2, 0.25) is 0 Å². The molecule has 4 aliphatic rings. The van der Waals surface area contributed by atoms with Crippen LogP contribution >= 0.6 is 0 Å². The average Bonchev–Trinajstić information content (AvgIpc) is 3.85. The first kappa shape index (κ1) is 40.8. The third kappa shape index (κ3) is 17.2. The Morgan fingerprint density at radius 3 is 1.84 bits per heavy atom. The summed E-state index contributed by atoms with van der Waals surface area (Å²) in [7, 11) is 0. The second-order valence-electron chi connectivity index (χ2n) is 14.4. The Hall–Kier alpha value is -4.65. The van der Waals surface area contributed by atoms with E-state index in [1.165, 1.54) is 18.4 Å². The van der Waals surface area contributed by atoms with Gasteiger partial charge in [-0.15, -0.1) is 0 Å². The van der Waals surface area contributed by atoms with Crippen molar-refractivity contribution in [2.24, 2.45) is 10.7 Å². The van der Waals surface area contributed by atoms with Gasteiger partial charge in [-0.2, -0.15) is 9.38 Å². The van der Waals surface area contributed by atoms with Crippen molar-refractivity contribution in [2.75, 3.05) is 49.1 Å². The first-order valence-corrected chi connectivity index (χ1v) is 17.4. The molecule has 4 aliphatic heterocycles. The van der Waals surface area contributed by atoms with Crippen LogP contribution in [0.15, 0.2) is 72.1 Å². The average molecular weight is 709 g/mol. The van der Waals surface area contributed by atoms with Gasteiger partial charge in [0.25, 0.3) is 5.97 Å². The highest BCUT2D eigenvalue weighted by atomic mass is 19.1. The fraction of sp³-hybridized carbons (Fsp3) is 0.541. The third-order valence-corrected chi connectivity index (χ3v) is 7.44. The van der Waals surface area contributed by atoms with Gasteiger partial charge >= 0.3 is 12.2 Å². The highest BCUT2D eigenvalue weighted by Gasteiger charge is 2.27. The number of carbonyl (C=O) groups is 2. The van der Waals surface area contributed by atoms with Crippen LogP contribution in [0.5, 0.6) is 0 Å². The molecule has 278 valence electrons. The molecule has 0 bridgehead atoms. The number of nitrogens with zero attached hydrogens (tertiary/aromatic N) is 5. The number of alkyl carbamates (subject to hydrolysis) is 2. The highest BCUT2D eigenvalue weighted by Crippen LogP contribution is 2.18. The second-order valence-corrected chi connectivity index (χ2v) is 14.4. The molecule has 51 heavy (non-hydrogen) atoms. The summed E-state index contributed by atoms with van der Waals surface area (Å²) in [6.07, 6.45) is 12.5. The third-order valence-electron chi connectivity index (χ3n) is 7.44. The van der Waals surface area contributed by atoms with Crippen LogP contribution in [0.2, 0.25) is 0 Å². The maximum absolute atomic E-state index is 11.8. The molecule has 0 spiro atoms. The molecule has 3 unspecified atom stereocenters. The van der Waals surface area contributed by atoms with Crippen molar-refractivity contribution in [3.63, 3.8) is 0 Å². The van der Waals surface area contributed by atoms with Crippen molar-refractivity contribution in [2.45, 2.75) is 90.1 Å². The van der Waals surface area contributed by atoms with Crippen molar-refractivity contribution in [3.8, 4) is 0 Å². The Labute approximate surface area is 302 Å². The molecule has 2 aromatic rings. The summed E-state index contributed by atoms with van der Waals surface area (Å²) < 4.78 is 22.2. The van der Waals surface area contributed by atoms with Gasteiger partial charge in [-0.3, -0.25) is 0 Å². The molecule has 0 saturated carbocycles. The van der Waals surface area contributed by atoms with Crippen LogP contribution in [-0.4, -0.2) is 96.7 Å². The summed E-state index contributed by atoms with van der Waals surface area (Å²) in [6, 6.07) is 12.5. The molecule has 13 nitrogen and oxygen atoms in total. The Morgan fingerprint density at radius 2 is 1.43 bits per heavy atom. The number of aromatic nitrogens is 2. The van der Waals surface area contributed by atoms with E-state index in [1.54, 1.807) is 6.20 Å². The van der Waals surface area contributed by atoms with Gasteiger partial charge in [0.1, 0.15) is 35.0 Å². The summed E-state index contributed by atoms with van der Waals surface area (Å²) >= 11 is 0. The van der Waals surface area contributed by atoms with Gasteiger partial charge in [0, 0.05) is 57.2 Å². The molecule has 3 fully saturated rings. The number of nitrogens with two attached hydrogens (primary N) is 1. The van der Waals surface area contributed by atoms with Crippen molar-refractivity contribution >= 4 is 29.8 Å². The van der Waals surface area contributed by atoms with E-state index in [2.05, 4.69) is 46.8 Å². The van der Waals surface area contributed by atoms with Gasteiger partial charge in [0.15, 0.2) is 12.3 Å². The maximum Gasteiger partial charge on any atom is 0.407 e. The molecular formula is C37H55FN9O4+. The maximum atomic E-state index is 11.8. The van der Waals surface area contributed by atoms with E-state index >= 15 is 0 Å². The van der Waals surface area contributed by atoms with Gasteiger partial charge in [-0.1, -0.05) is 12.1 Å². The molecule has 14 heteroatoms. The molecule has 6 heterocycles. The lowest BCUT2D eigenvalue weighted by atomic mass is 10.2. The van der Waals surface area contributed by atoms with Crippen LogP contribution in [-0.2, 0) is 9.47 Å². The number of allylic oxidation sites excluding steroid dienone is 3. The van der Waals surface area contributed by atoms with E-state index in [4.69, 9.17) is 15.2 Å². The number of amides is 2. The first-order valence-electron chi connectivity index (χ1n) is 17.4. The van der Waals surface area contributed by atoms with Crippen molar-refractivity contribution in [1.82, 2.24) is 25.9 Å². The van der Waals surface area contributed by atoms with Crippen LogP contribution in [0.25, 0.3) is 0 Å². The molecule has 5 N–H and O–H groups in total. The molecule has 0 radical (unpaired) electrons. The van der Waals surface area contributed by atoms with Crippen LogP contribution < -0.4 is 31.5 Å². The van der Waals surface area contributed by atoms with Crippen molar-refractivity contribution in [3.05, 3.63) is 73.2 Å². The van der Waals surface area contributed by atoms with Gasteiger partial charge in [-0.05, 0) is 91.6 Å². The van der Waals surface area contributed by atoms with Gasteiger partial charge in [-0.25, -0.2) is 19.6 Å². The number of ether oxygens (including phenoxy) is 2. The minimum atomic E-state index is -0.459. The highest BCUT2D eigenvalue weighted by molar-refractivity contribution is 5.87. The lowest BCUT2D eigenvalue weighted by Gasteiger charge is -2.22. The van der Waals surface area contributed by atoms with Gasteiger partial charge in [0.05, 0.1) is 6.04 Å². The largest absolute Gasteiger partial charge is 0.444 e. The van der Waals surface area contributed by atoms with E-state index in [-0.39, 0.29) is 24.3 Å². The molecule has 3 saturated heterocycles. The number of aliphatic imine (C=N–C) groups is 1. The van der Waals surface area contributed by atoms with Crippen LogP contribution in [0.4, 0.5) is 25.6 Å². The number of anilines is 2. The first-order chi connectivity index (χ1) is 24.2. The number of nitrogens with one attached hydrogen (secondary N) is 3. The number of hydrogen-bond acceptors (Lipinski definition) is 11. The van der Waals surface area contributed by atoms with Crippen molar-refractivity contribution in [1.29, 1.82) is 0 Å². The molecule has 0 aliphatic carbocycles. The predicted molar refractivity (Wildman–Crippen MR) is 199 cm³/mol. The normalized spacial score (nSPS) is 20.6. The lowest BCUT2D eigenvalue weighted by Crippen LogP contribution is -2.40. The Morgan fingerprint density at radius 1 is 0.863 bits per heavy atom. The van der Waals surface area contributed by atoms with Crippen LogP contribution in [0.3, 0.4) is 0 Å². The molecule has 6 rings (SSSR count). The molecular weight excluding hydrogens is 653 g/mol. The monoisotopic (exact) mass is 708 g/mol. The summed E-state index contributed by atoms with van der Waals surface area (Å²) in [5.74, 6) is 1.54. The smallest absolute Gasteiger partial charge is 0.407 e. The summed E-state index contributed by atoms with van der Waals surface area (Å²) in [5.41, 5.74) is 4.93. The van der Waals surface area contributed by atoms with E-state index in [0.29, 0.717) is 6.04 Å².